The summed E-state index contributed by atoms with van der Waals surface area (Å²) in [4.78, 5) is 0. The number of rotatable bonds is 9. The molecule has 2 aromatic rings. The first-order valence-corrected chi connectivity index (χ1v) is 8.40. The molecule has 0 bridgehead atoms. The minimum absolute atomic E-state index is 0. The van der Waals surface area contributed by atoms with Crippen LogP contribution in [0.1, 0.15) is 12.0 Å². The van der Waals surface area contributed by atoms with E-state index < -0.39 is 5.54 Å². The second-order valence-electron chi connectivity index (χ2n) is 6.26. The van der Waals surface area contributed by atoms with E-state index in [1.165, 1.54) is 0 Å². The minimum Gasteiger partial charge on any atom is -0.493 e. The molecule has 0 heterocycles. The predicted octanol–water partition coefficient (Wildman–Crippen LogP) is 2.42. The van der Waals surface area contributed by atoms with E-state index in [4.69, 9.17) is 19.9 Å². The van der Waals surface area contributed by atoms with Crippen LogP contribution in [0, 0.1) is 0 Å². The van der Waals surface area contributed by atoms with Gasteiger partial charge in [0.25, 0.3) is 0 Å². The molecule has 2 rings (SSSR count). The van der Waals surface area contributed by atoms with Crippen molar-refractivity contribution in [2.75, 3.05) is 34.5 Å². The third-order valence-electron chi connectivity index (χ3n) is 4.51. The fourth-order valence-electron chi connectivity index (χ4n) is 2.78. The van der Waals surface area contributed by atoms with E-state index in [-0.39, 0.29) is 25.6 Å². The number of ether oxygens (including phenoxy) is 3. The number of hydrogen-bond donors (Lipinski definition) is 3. The highest BCUT2D eigenvalue weighted by Crippen LogP contribution is 2.44. The zero-order valence-electron chi connectivity index (χ0n) is 15.9. The molecule has 0 aromatic heterocycles. The molecule has 150 valence electrons. The highest BCUT2D eigenvalue weighted by atomic mass is 35.5. The molecule has 0 fully saturated rings. The molecule has 0 saturated heterocycles. The van der Waals surface area contributed by atoms with Crippen LogP contribution in [0.15, 0.2) is 36.4 Å². The van der Waals surface area contributed by atoms with Gasteiger partial charge in [-0.3, -0.25) is 0 Å². The number of nitrogens with two attached hydrogens (primary N) is 1. The molecule has 0 aliphatic rings. The zero-order valence-corrected chi connectivity index (χ0v) is 16.7. The zero-order chi connectivity index (χ0) is 19.2. The average Bonchev–Trinajstić information content (AvgIpc) is 2.71. The van der Waals surface area contributed by atoms with Crippen LogP contribution < -0.4 is 19.9 Å². The fourth-order valence-corrected chi connectivity index (χ4v) is 2.78. The van der Waals surface area contributed by atoms with Crippen molar-refractivity contribution in [2.45, 2.75) is 18.4 Å². The molecule has 0 aliphatic heterocycles. The Morgan fingerprint density at radius 3 is 1.93 bits per heavy atom. The summed E-state index contributed by atoms with van der Waals surface area (Å²) < 4.78 is 16.3. The van der Waals surface area contributed by atoms with Crippen LogP contribution in [0.5, 0.6) is 17.2 Å². The van der Waals surface area contributed by atoms with Crippen LogP contribution in [0.25, 0.3) is 11.1 Å². The molecule has 7 heteroatoms. The number of aliphatic hydroxyl groups excluding tert-OH is 2. The monoisotopic (exact) mass is 397 g/mol. The van der Waals surface area contributed by atoms with Crippen LogP contribution >= 0.6 is 12.4 Å². The van der Waals surface area contributed by atoms with Gasteiger partial charge in [-0.05, 0) is 36.1 Å². The van der Waals surface area contributed by atoms with Gasteiger partial charge in [0.15, 0.2) is 11.5 Å². The Labute approximate surface area is 166 Å². The SMILES string of the molecule is COc1ccc(-c2ccc(CCC(N)(CO)CO)cc2)c(OC)c1OC.Cl. The topological polar surface area (TPSA) is 94.2 Å². The molecule has 0 aliphatic carbocycles. The van der Waals surface area contributed by atoms with Crippen LogP contribution in [-0.4, -0.2) is 50.3 Å². The van der Waals surface area contributed by atoms with Crippen molar-refractivity contribution in [3.63, 3.8) is 0 Å². The van der Waals surface area contributed by atoms with Crippen molar-refractivity contribution in [2.24, 2.45) is 5.73 Å². The van der Waals surface area contributed by atoms with Gasteiger partial charge < -0.3 is 30.2 Å². The van der Waals surface area contributed by atoms with Gasteiger partial charge in [-0.2, -0.15) is 0 Å². The fraction of sp³-hybridized carbons (Fsp3) is 0.400. The van der Waals surface area contributed by atoms with Crippen molar-refractivity contribution in [3.8, 4) is 28.4 Å². The van der Waals surface area contributed by atoms with Gasteiger partial charge in [0.1, 0.15) is 0 Å². The van der Waals surface area contributed by atoms with Crippen LogP contribution in [0.3, 0.4) is 0 Å². The summed E-state index contributed by atoms with van der Waals surface area (Å²) in [5.74, 6) is 1.77. The maximum atomic E-state index is 9.28. The summed E-state index contributed by atoms with van der Waals surface area (Å²) in [7, 11) is 4.76. The molecule has 0 amide bonds. The number of methoxy groups -OCH3 is 3. The molecule has 4 N–H and O–H groups in total. The van der Waals surface area contributed by atoms with E-state index in [2.05, 4.69) is 0 Å². The van der Waals surface area contributed by atoms with E-state index >= 15 is 0 Å². The van der Waals surface area contributed by atoms with E-state index in [1.807, 2.05) is 36.4 Å². The molecule has 27 heavy (non-hydrogen) atoms. The molecule has 0 unspecified atom stereocenters. The Balaban J connectivity index is 0.00000364. The second-order valence-corrected chi connectivity index (χ2v) is 6.26. The second kappa shape index (κ2) is 10.4. The number of benzene rings is 2. The Hall–Kier alpha value is -1.99. The number of aliphatic hydroxyl groups is 2. The normalized spacial score (nSPS) is 10.9. The van der Waals surface area contributed by atoms with Crippen molar-refractivity contribution in [1.29, 1.82) is 0 Å². The molecular weight excluding hydrogens is 370 g/mol. The Bertz CT molecular complexity index is 717. The van der Waals surface area contributed by atoms with Crippen molar-refractivity contribution in [3.05, 3.63) is 42.0 Å². The number of aryl methyl sites for hydroxylation is 1. The molecule has 0 spiro atoms. The summed E-state index contributed by atoms with van der Waals surface area (Å²) >= 11 is 0. The largest absolute Gasteiger partial charge is 0.493 e. The first-order valence-electron chi connectivity index (χ1n) is 8.40. The lowest BCUT2D eigenvalue weighted by atomic mass is 9.93. The first-order chi connectivity index (χ1) is 12.5. The molecular formula is C20H28ClNO5. The smallest absolute Gasteiger partial charge is 0.203 e. The van der Waals surface area contributed by atoms with Gasteiger partial charge in [-0.1, -0.05) is 24.3 Å². The third kappa shape index (κ3) is 5.26. The maximum Gasteiger partial charge on any atom is 0.203 e. The Morgan fingerprint density at radius 2 is 1.44 bits per heavy atom. The standard InChI is InChI=1S/C20H27NO5.ClH/c1-24-17-9-8-16(18(25-2)19(17)26-3)15-6-4-14(5-7-15)10-11-20(21,12-22)13-23;/h4-9,22-23H,10-13,21H2,1-3H3;1H. The average molecular weight is 398 g/mol. The maximum absolute atomic E-state index is 9.28. The van der Waals surface area contributed by atoms with Crippen LogP contribution in [-0.2, 0) is 6.42 Å². The summed E-state index contributed by atoms with van der Waals surface area (Å²) in [6.45, 7) is -0.491. The van der Waals surface area contributed by atoms with Gasteiger partial charge >= 0.3 is 0 Å². The van der Waals surface area contributed by atoms with Gasteiger partial charge in [0, 0.05) is 5.56 Å². The highest BCUT2D eigenvalue weighted by Gasteiger charge is 2.22. The van der Waals surface area contributed by atoms with E-state index in [0.29, 0.717) is 30.1 Å². The number of halogens is 1. The molecule has 2 aromatic carbocycles. The predicted molar refractivity (Wildman–Crippen MR) is 108 cm³/mol. The molecule has 0 saturated carbocycles. The van der Waals surface area contributed by atoms with Crippen molar-refractivity contribution in [1.82, 2.24) is 0 Å². The minimum atomic E-state index is -0.953. The van der Waals surface area contributed by atoms with Crippen LogP contribution in [0.4, 0.5) is 0 Å². The van der Waals surface area contributed by atoms with Crippen molar-refractivity contribution < 1.29 is 24.4 Å². The van der Waals surface area contributed by atoms with Gasteiger partial charge in [0.05, 0.1) is 40.1 Å². The van der Waals surface area contributed by atoms with Gasteiger partial charge in [-0.15, -0.1) is 12.4 Å². The summed E-state index contributed by atoms with van der Waals surface area (Å²) in [6, 6.07) is 11.8. The highest BCUT2D eigenvalue weighted by molar-refractivity contribution is 5.85. The number of hydrogen-bond acceptors (Lipinski definition) is 6. The first kappa shape index (κ1) is 23.0. The lowest BCUT2D eigenvalue weighted by Crippen LogP contribution is -2.47. The van der Waals surface area contributed by atoms with Gasteiger partial charge in [0.2, 0.25) is 5.75 Å². The summed E-state index contributed by atoms with van der Waals surface area (Å²) in [5.41, 5.74) is 7.92. The summed E-state index contributed by atoms with van der Waals surface area (Å²) in [5, 5.41) is 18.6. The molecule has 6 nitrogen and oxygen atoms in total. The van der Waals surface area contributed by atoms with Gasteiger partial charge in [-0.25, -0.2) is 0 Å². The van der Waals surface area contributed by atoms with Crippen molar-refractivity contribution >= 4 is 12.4 Å². The quantitative estimate of drug-likeness (QED) is 0.601. The lowest BCUT2D eigenvalue weighted by molar-refractivity contribution is 0.115. The molecule has 0 atom stereocenters. The summed E-state index contributed by atoms with van der Waals surface area (Å²) in [6.07, 6.45) is 1.17. The van der Waals surface area contributed by atoms with E-state index in [1.54, 1.807) is 21.3 Å². The van der Waals surface area contributed by atoms with E-state index in [0.717, 1.165) is 16.7 Å². The molecule has 0 radical (unpaired) electrons. The van der Waals surface area contributed by atoms with Crippen LogP contribution in [0.2, 0.25) is 0 Å². The Kier molecular flexibility index (Phi) is 8.85. The Morgan fingerprint density at radius 1 is 0.852 bits per heavy atom. The van der Waals surface area contributed by atoms with E-state index in [9.17, 15) is 10.2 Å². The third-order valence-corrected chi connectivity index (χ3v) is 4.51. The lowest BCUT2D eigenvalue weighted by Gasteiger charge is -2.24.